The van der Waals surface area contributed by atoms with Gasteiger partial charge in [-0.2, -0.15) is 0 Å². The second-order valence-electron chi connectivity index (χ2n) is 9.34. The lowest BCUT2D eigenvalue weighted by Gasteiger charge is -2.32. The molecule has 0 aromatic heterocycles. The van der Waals surface area contributed by atoms with Crippen LogP contribution in [0.15, 0.2) is 47.4 Å². The minimum atomic E-state index is -3.98. The quantitative estimate of drug-likeness (QED) is 0.183. The highest BCUT2D eigenvalue weighted by molar-refractivity contribution is 7.93. The molecular formula is C26H36Cl2N4O5S. The summed E-state index contributed by atoms with van der Waals surface area (Å²) in [5.74, 6) is 0.115. The molecule has 0 aliphatic carbocycles. The van der Waals surface area contributed by atoms with Crippen LogP contribution in [-0.2, 0) is 14.8 Å². The van der Waals surface area contributed by atoms with E-state index >= 15 is 0 Å². The molecular weight excluding hydrogens is 551 g/mol. The molecule has 2 aromatic carbocycles. The SMILES string of the molecule is Cc1cc(OCC2CCN(C(=N)N)CC2)cc(N(CCCCCC(=O)O)S(=O)(=O)c2ccccc2Cl)c1.Cl. The Bertz CT molecular complexity index is 1200. The van der Waals surface area contributed by atoms with Gasteiger partial charge in [0.1, 0.15) is 10.6 Å². The molecule has 0 radical (unpaired) electrons. The van der Waals surface area contributed by atoms with Crippen LogP contribution >= 0.6 is 24.0 Å². The number of nitrogens with one attached hydrogen (secondary N) is 1. The first-order valence-corrected chi connectivity index (χ1v) is 14.2. The van der Waals surface area contributed by atoms with Crippen molar-refractivity contribution in [3.05, 3.63) is 53.1 Å². The Kier molecular flexibility index (Phi) is 12.0. The molecule has 9 nitrogen and oxygen atoms in total. The van der Waals surface area contributed by atoms with Crippen LogP contribution in [0.2, 0.25) is 5.02 Å². The normalized spacial score (nSPS) is 14.0. The number of hydrogen-bond acceptors (Lipinski definition) is 5. The number of likely N-dealkylation sites (tertiary alicyclic amines) is 1. The molecule has 0 unspecified atom stereocenters. The zero-order valence-corrected chi connectivity index (χ0v) is 23.8. The van der Waals surface area contributed by atoms with Crippen molar-refractivity contribution < 1.29 is 23.1 Å². The molecule has 1 saturated heterocycles. The topological polar surface area (TPSA) is 137 Å². The first-order valence-electron chi connectivity index (χ1n) is 12.4. The molecule has 1 aliphatic rings. The van der Waals surface area contributed by atoms with Gasteiger partial charge < -0.3 is 20.5 Å². The van der Waals surface area contributed by atoms with Gasteiger partial charge in [-0.15, -0.1) is 12.4 Å². The molecule has 0 atom stereocenters. The molecule has 4 N–H and O–H groups in total. The number of piperidine rings is 1. The smallest absolute Gasteiger partial charge is 0.303 e. The Morgan fingerprint density at radius 2 is 1.87 bits per heavy atom. The summed E-state index contributed by atoms with van der Waals surface area (Å²) in [6.07, 6.45) is 3.32. The molecule has 0 bridgehead atoms. The lowest BCUT2D eigenvalue weighted by molar-refractivity contribution is -0.137. The summed E-state index contributed by atoms with van der Waals surface area (Å²) in [6.45, 7) is 3.98. The van der Waals surface area contributed by atoms with E-state index in [1.165, 1.54) is 10.4 Å². The number of carboxylic acids is 1. The Morgan fingerprint density at radius 1 is 1.18 bits per heavy atom. The predicted molar refractivity (Wildman–Crippen MR) is 152 cm³/mol. The summed E-state index contributed by atoms with van der Waals surface area (Å²) >= 11 is 6.27. The van der Waals surface area contributed by atoms with Gasteiger partial charge in [-0.05, 0) is 68.4 Å². The standard InChI is InChI=1S/C26H35ClN4O5S.ClH/c1-19-15-21(17-22(16-19)36-18-20-10-13-30(14-11-20)26(28)29)31(12-6-2-3-9-25(32)33)37(34,35)24-8-5-4-7-23(24)27;/h4-5,7-8,15-17,20H,2-3,6,9-14,18H2,1H3,(H3,28,29)(H,32,33);1H. The predicted octanol–water partition coefficient (Wildman–Crippen LogP) is 4.89. The van der Waals surface area contributed by atoms with Crippen molar-refractivity contribution in [2.75, 3.05) is 30.5 Å². The van der Waals surface area contributed by atoms with Crippen molar-refractivity contribution in [3.8, 4) is 5.75 Å². The van der Waals surface area contributed by atoms with Gasteiger partial charge in [-0.3, -0.25) is 14.5 Å². The minimum absolute atomic E-state index is 0. The third-order valence-corrected chi connectivity index (χ3v) is 8.75. The van der Waals surface area contributed by atoms with E-state index in [-0.39, 0.29) is 41.3 Å². The Labute approximate surface area is 235 Å². The average molecular weight is 588 g/mol. The molecule has 2 aromatic rings. The Morgan fingerprint density at radius 3 is 2.50 bits per heavy atom. The zero-order chi connectivity index (χ0) is 27.0. The van der Waals surface area contributed by atoms with Crippen LogP contribution in [0.5, 0.6) is 5.75 Å². The first kappa shape index (κ1) is 31.5. The second kappa shape index (κ2) is 14.5. The van der Waals surface area contributed by atoms with Crippen LogP contribution < -0.4 is 14.8 Å². The fourth-order valence-corrected chi connectivity index (χ4v) is 6.36. The van der Waals surface area contributed by atoms with Crippen LogP contribution in [-0.4, -0.2) is 56.6 Å². The van der Waals surface area contributed by atoms with E-state index in [0.29, 0.717) is 56.3 Å². The maximum Gasteiger partial charge on any atom is 0.303 e. The summed E-state index contributed by atoms with van der Waals surface area (Å²) in [5.41, 5.74) is 6.90. The van der Waals surface area contributed by atoms with Gasteiger partial charge >= 0.3 is 5.97 Å². The van der Waals surface area contributed by atoms with Crippen molar-refractivity contribution in [1.82, 2.24) is 4.90 Å². The molecule has 38 heavy (non-hydrogen) atoms. The maximum absolute atomic E-state index is 13.7. The maximum atomic E-state index is 13.7. The van der Waals surface area contributed by atoms with E-state index in [4.69, 9.17) is 32.6 Å². The van der Waals surface area contributed by atoms with Gasteiger partial charge in [0.2, 0.25) is 0 Å². The first-order chi connectivity index (χ1) is 17.6. The Hall–Kier alpha value is -2.69. The number of anilines is 1. The highest BCUT2D eigenvalue weighted by Crippen LogP contribution is 2.32. The highest BCUT2D eigenvalue weighted by atomic mass is 35.5. The lowest BCUT2D eigenvalue weighted by Crippen LogP contribution is -2.43. The summed E-state index contributed by atoms with van der Waals surface area (Å²) in [5, 5.41) is 16.6. The number of nitrogens with two attached hydrogens (primary N) is 1. The fourth-order valence-electron chi connectivity index (χ4n) is 4.38. The van der Waals surface area contributed by atoms with E-state index in [9.17, 15) is 13.2 Å². The molecule has 0 amide bonds. The molecule has 0 spiro atoms. The molecule has 0 saturated carbocycles. The number of carbonyl (C=O) groups is 1. The van der Waals surface area contributed by atoms with Gasteiger partial charge in [0, 0.05) is 32.1 Å². The fraction of sp³-hybridized carbons (Fsp3) is 0.462. The summed E-state index contributed by atoms with van der Waals surface area (Å²) < 4.78 is 34.9. The van der Waals surface area contributed by atoms with Gasteiger partial charge in [-0.1, -0.05) is 30.2 Å². The van der Waals surface area contributed by atoms with Crippen molar-refractivity contribution in [1.29, 1.82) is 5.41 Å². The van der Waals surface area contributed by atoms with Crippen molar-refractivity contribution in [2.24, 2.45) is 11.7 Å². The van der Waals surface area contributed by atoms with Crippen molar-refractivity contribution in [3.63, 3.8) is 0 Å². The third-order valence-electron chi connectivity index (χ3n) is 6.42. The number of guanidine groups is 1. The average Bonchev–Trinajstić information content (AvgIpc) is 2.84. The van der Waals surface area contributed by atoms with E-state index in [2.05, 4.69) is 0 Å². The van der Waals surface area contributed by atoms with Crippen LogP contribution in [0.25, 0.3) is 0 Å². The van der Waals surface area contributed by atoms with Gasteiger partial charge in [0.25, 0.3) is 10.0 Å². The van der Waals surface area contributed by atoms with Gasteiger partial charge in [0.15, 0.2) is 5.96 Å². The van der Waals surface area contributed by atoms with Crippen molar-refractivity contribution >= 4 is 51.6 Å². The van der Waals surface area contributed by atoms with Gasteiger partial charge in [0.05, 0.1) is 17.3 Å². The number of aliphatic carboxylic acids is 1. The number of hydrogen-bond donors (Lipinski definition) is 3. The summed E-state index contributed by atoms with van der Waals surface area (Å²) in [6, 6.07) is 11.7. The lowest BCUT2D eigenvalue weighted by atomic mass is 9.98. The number of benzene rings is 2. The van der Waals surface area contributed by atoms with Crippen LogP contribution in [0.4, 0.5) is 5.69 Å². The molecule has 1 aliphatic heterocycles. The van der Waals surface area contributed by atoms with Crippen LogP contribution in [0.3, 0.4) is 0 Å². The highest BCUT2D eigenvalue weighted by Gasteiger charge is 2.28. The molecule has 210 valence electrons. The summed E-state index contributed by atoms with van der Waals surface area (Å²) in [4.78, 5) is 12.7. The summed E-state index contributed by atoms with van der Waals surface area (Å²) in [7, 11) is -3.98. The number of unbranched alkanes of at least 4 members (excludes halogenated alkanes) is 2. The largest absolute Gasteiger partial charge is 0.493 e. The number of aryl methyl sites for hydroxylation is 1. The number of sulfonamides is 1. The van der Waals surface area contributed by atoms with E-state index in [1.54, 1.807) is 30.3 Å². The minimum Gasteiger partial charge on any atom is -0.493 e. The number of ether oxygens (including phenoxy) is 1. The molecule has 3 rings (SSSR count). The molecule has 1 heterocycles. The third kappa shape index (κ3) is 8.68. The molecule has 1 fully saturated rings. The van der Waals surface area contributed by atoms with Crippen molar-refractivity contribution in [2.45, 2.75) is 50.3 Å². The number of nitrogens with zero attached hydrogens (tertiary/aromatic N) is 2. The second-order valence-corrected chi connectivity index (χ2v) is 11.6. The van der Waals surface area contributed by atoms with Gasteiger partial charge in [-0.25, -0.2) is 8.42 Å². The molecule has 12 heteroatoms. The van der Waals surface area contributed by atoms with E-state index in [0.717, 1.165) is 18.4 Å². The Balaban J connectivity index is 0.00000507. The zero-order valence-electron chi connectivity index (χ0n) is 21.4. The number of rotatable bonds is 12. The van der Waals surface area contributed by atoms with E-state index in [1.807, 2.05) is 17.9 Å². The monoisotopic (exact) mass is 586 g/mol. The van der Waals surface area contributed by atoms with Crippen LogP contribution in [0.1, 0.15) is 44.1 Å². The number of halogens is 2. The number of carboxylic acid groups (broad SMARTS) is 1. The van der Waals surface area contributed by atoms with E-state index < -0.39 is 16.0 Å². The van der Waals surface area contributed by atoms with Crippen LogP contribution in [0, 0.1) is 18.3 Å².